The molecule has 8 heteroatoms. The molecule has 3 heterocycles. The van der Waals surface area contributed by atoms with Crippen molar-refractivity contribution in [1.29, 1.82) is 0 Å². The summed E-state index contributed by atoms with van der Waals surface area (Å²) in [5, 5.41) is 6.91. The highest BCUT2D eigenvalue weighted by atomic mass is 16.5. The van der Waals surface area contributed by atoms with Crippen LogP contribution in [0.5, 0.6) is 5.75 Å². The van der Waals surface area contributed by atoms with Crippen molar-refractivity contribution < 1.29 is 4.74 Å². The molecule has 1 fully saturated rings. The number of benzene rings is 1. The highest BCUT2D eigenvalue weighted by Crippen LogP contribution is 2.30. The summed E-state index contributed by atoms with van der Waals surface area (Å²) in [4.78, 5) is 15.3. The molecule has 0 spiro atoms. The van der Waals surface area contributed by atoms with Crippen molar-refractivity contribution in [3.63, 3.8) is 0 Å². The number of methoxy groups -OCH3 is 1. The van der Waals surface area contributed by atoms with Crippen molar-refractivity contribution in [2.45, 2.75) is 19.0 Å². The van der Waals surface area contributed by atoms with E-state index in [0.717, 1.165) is 48.3 Å². The Bertz CT molecular complexity index is 969. The van der Waals surface area contributed by atoms with E-state index in [0.29, 0.717) is 12.6 Å². The Hall–Kier alpha value is -3.55. The Morgan fingerprint density at radius 3 is 2.90 bits per heavy atom. The van der Waals surface area contributed by atoms with Gasteiger partial charge in [-0.15, -0.1) is 0 Å². The molecule has 1 aromatic carbocycles. The fourth-order valence-corrected chi connectivity index (χ4v) is 3.63. The third-order valence-electron chi connectivity index (χ3n) is 5.22. The van der Waals surface area contributed by atoms with E-state index in [2.05, 4.69) is 42.6 Å². The number of anilines is 1. The normalized spacial score (nSPS) is 16.5. The molecule has 0 amide bonds. The lowest BCUT2D eigenvalue weighted by Gasteiger charge is -2.22. The van der Waals surface area contributed by atoms with E-state index >= 15 is 0 Å². The van der Waals surface area contributed by atoms with Crippen molar-refractivity contribution in [3.05, 3.63) is 66.9 Å². The van der Waals surface area contributed by atoms with Gasteiger partial charge in [0, 0.05) is 51.3 Å². The summed E-state index contributed by atoms with van der Waals surface area (Å²) in [6.45, 7) is 2.54. The van der Waals surface area contributed by atoms with Crippen LogP contribution in [-0.2, 0) is 6.54 Å². The molecule has 0 saturated carbocycles. The number of nitrogens with zero attached hydrogens (tertiary/aromatic N) is 5. The fraction of sp³-hybridized carbons (Fsp3) is 0.318. The van der Waals surface area contributed by atoms with E-state index in [4.69, 9.17) is 4.74 Å². The zero-order valence-electron chi connectivity index (χ0n) is 17.3. The highest BCUT2D eigenvalue weighted by Gasteiger charge is 2.25. The van der Waals surface area contributed by atoms with Crippen molar-refractivity contribution >= 4 is 11.6 Å². The van der Waals surface area contributed by atoms with E-state index in [1.165, 1.54) is 0 Å². The molecule has 1 unspecified atom stereocenters. The molecule has 1 saturated heterocycles. The molecule has 2 aromatic heterocycles. The maximum Gasteiger partial charge on any atom is 0.191 e. The average molecular weight is 406 g/mol. The van der Waals surface area contributed by atoms with E-state index < -0.39 is 0 Å². The molecule has 1 aliphatic heterocycles. The number of para-hydroxylation sites is 2. The summed E-state index contributed by atoms with van der Waals surface area (Å²) >= 11 is 0. The van der Waals surface area contributed by atoms with Crippen LogP contribution < -0.4 is 20.3 Å². The number of nitrogens with one attached hydrogen (secondary N) is 2. The lowest BCUT2D eigenvalue weighted by Crippen LogP contribution is -2.44. The van der Waals surface area contributed by atoms with Crippen LogP contribution in [0.4, 0.5) is 5.69 Å². The van der Waals surface area contributed by atoms with Crippen LogP contribution in [0.2, 0.25) is 0 Å². The van der Waals surface area contributed by atoms with Gasteiger partial charge >= 0.3 is 0 Å². The number of rotatable bonds is 6. The Kier molecular flexibility index (Phi) is 6.12. The minimum absolute atomic E-state index is 0.322. The third kappa shape index (κ3) is 4.53. The van der Waals surface area contributed by atoms with E-state index in [1.807, 2.05) is 41.2 Å². The number of pyridine rings is 1. The monoisotopic (exact) mass is 405 g/mol. The summed E-state index contributed by atoms with van der Waals surface area (Å²) in [7, 11) is 3.51. The zero-order chi connectivity index (χ0) is 20.8. The number of imidazole rings is 1. The number of hydrogen-bond donors (Lipinski definition) is 2. The number of aliphatic imine (C=N–C) groups is 1. The fourth-order valence-electron chi connectivity index (χ4n) is 3.63. The standard InChI is InChI=1S/C22H27N7O/c1-23-22(26-14-17-7-8-21(25-13-17)29-12-10-24-16-29)27-18-9-11-28(15-18)19-5-3-4-6-20(19)30-2/h3-8,10,12-13,16,18H,9,11,14-15H2,1-2H3,(H2,23,26,27). The van der Waals surface area contributed by atoms with Crippen LogP contribution in [0, 0.1) is 0 Å². The molecule has 30 heavy (non-hydrogen) atoms. The van der Waals surface area contributed by atoms with Crippen molar-refractivity contribution in [2.75, 3.05) is 32.1 Å². The predicted octanol–water partition coefficient (Wildman–Crippen LogP) is 2.22. The molecule has 0 aliphatic carbocycles. The lowest BCUT2D eigenvalue weighted by molar-refractivity contribution is 0.415. The maximum absolute atomic E-state index is 5.51. The second-order valence-corrected chi connectivity index (χ2v) is 7.17. The first-order valence-electron chi connectivity index (χ1n) is 10.0. The van der Waals surface area contributed by atoms with Crippen LogP contribution in [-0.4, -0.2) is 53.8 Å². The van der Waals surface area contributed by atoms with Crippen molar-refractivity contribution in [2.24, 2.45) is 4.99 Å². The van der Waals surface area contributed by atoms with Gasteiger partial charge in [-0.05, 0) is 30.2 Å². The molecule has 1 aliphatic rings. The first kappa shape index (κ1) is 19.8. The molecule has 1 atom stereocenters. The molecule has 2 N–H and O–H groups in total. The zero-order valence-corrected chi connectivity index (χ0v) is 17.3. The Labute approximate surface area is 176 Å². The second kappa shape index (κ2) is 9.30. The summed E-state index contributed by atoms with van der Waals surface area (Å²) in [5.41, 5.74) is 2.22. The summed E-state index contributed by atoms with van der Waals surface area (Å²) in [5.74, 6) is 2.55. The molecular weight excluding hydrogens is 378 g/mol. The smallest absolute Gasteiger partial charge is 0.191 e. The van der Waals surface area contributed by atoms with Crippen LogP contribution in [0.3, 0.4) is 0 Å². The average Bonchev–Trinajstić information content (AvgIpc) is 3.49. The second-order valence-electron chi connectivity index (χ2n) is 7.17. The van der Waals surface area contributed by atoms with E-state index in [1.54, 1.807) is 26.7 Å². The van der Waals surface area contributed by atoms with Gasteiger partial charge in [0.05, 0.1) is 12.8 Å². The molecule has 156 valence electrons. The molecular formula is C22H27N7O. The third-order valence-corrected chi connectivity index (χ3v) is 5.22. The Balaban J connectivity index is 1.30. The lowest BCUT2D eigenvalue weighted by atomic mass is 10.2. The van der Waals surface area contributed by atoms with Gasteiger partial charge in [0.1, 0.15) is 17.9 Å². The number of hydrogen-bond acceptors (Lipinski definition) is 5. The maximum atomic E-state index is 5.51. The van der Waals surface area contributed by atoms with Crippen LogP contribution in [0.1, 0.15) is 12.0 Å². The number of ether oxygens (including phenoxy) is 1. The topological polar surface area (TPSA) is 79.6 Å². The summed E-state index contributed by atoms with van der Waals surface area (Å²) < 4.78 is 7.39. The van der Waals surface area contributed by atoms with Crippen LogP contribution >= 0.6 is 0 Å². The van der Waals surface area contributed by atoms with Gasteiger partial charge in [-0.2, -0.15) is 0 Å². The van der Waals surface area contributed by atoms with Crippen LogP contribution in [0.25, 0.3) is 5.82 Å². The van der Waals surface area contributed by atoms with Crippen molar-refractivity contribution in [3.8, 4) is 11.6 Å². The molecule has 0 radical (unpaired) electrons. The first-order valence-corrected chi connectivity index (χ1v) is 10.0. The van der Waals surface area contributed by atoms with Crippen LogP contribution in [0.15, 0.2) is 66.3 Å². The van der Waals surface area contributed by atoms with Gasteiger partial charge in [0.2, 0.25) is 0 Å². The number of aromatic nitrogens is 3. The molecule has 3 aromatic rings. The molecule has 0 bridgehead atoms. The van der Waals surface area contributed by atoms with Crippen molar-refractivity contribution in [1.82, 2.24) is 25.2 Å². The van der Waals surface area contributed by atoms with Gasteiger partial charge in [0.15, 0.2) is 5.96 Å². The molecule has 8 nitrogen and oxygen atoms in total. The van der Waals surface area contributed by atoms with Gasteiger partial charge in [-0.3, -0.25) is 9.56 Å². The largest absolute Gasteiger partial charge is 0.495 e. The first-order chi connectivity index (χ1) is 14.8. The Morgan fingerprint density at radius 2 is 2.17 bits per heavy atom. The van der Waals surface area contributed by atoms with Gasteiger partial charge in [-0.1, -0.05) is 18.2 Å². The van der Waals surface area contributed by atoms with Gasteiger partial charge in [0.25, 0.3) is 0 Å². The van der Waals surface area contributed by atoms with Gasteiger partial charge < -0.3 is 20.3 Å². The number of guanidine groups is 1. The van der Waals surface area contributed by atoms with Gasteiger partial charge in [-0.25, -0.2) is 9.97 Å². The SMILES string of the molecule is CN=C(NCc1ccc(-n2ccnc2)nc1)NC1CCN(c2ccccc2OC)C1. The molecule has 4 rings (SSSR count). The van der Waals surface area contributed by atoms with E-state index in [9.17, 15) is 0 Å². The summed E-state index contributed by atoms with van der Waals surface area (Å²) in [6, 6.07) is 12.5. The summed E-state index contributed by atoms with van der Waals surface area (Å²) in [6.07, 6.45) is 8.27. The highest BCUT2D eigenvalue weighted by molar-refractivity contribution is 5.80. The minimum atomic E-state index is 0.322. The Morgan fingerprint density at radius 1 is 1.27 bits per heavy atom. The van der Waals surface area contributed by atoms with E-state index in [-0.39, 0.29) is 0 Å². The quantitative estimate of drug-likeness (QED) is 0.484. The minimum Gasteiger partial charge on any atom is -0.495 e. The predicted molar refractivity (Wildman–Crippen MR) is 118 cm³/mol.